The lowest BCUT2D eigenvalue weighted by atomic mass is 10.2. The zero-order valence-electron chi connectivity index (χ0n) is 8.86. The van der Waals surface area contributed by atoms with Crippen molar-refractivity contribution in [2.24, 2.45) is 0 Å². The molecular formula is C10H7N3O4S. The van der Waals surface area contributed by atoms with Gasteiger partial charge in [0, 0.05) is 17.7 Å². The van der Waals surface area contributed by atoms with Crippen LogP contribution in [0.25, 0.3) is 10.6 Å². The van der Waals surface area contributed by atoms with Gasteiger partial charge in [-0.25, -0.2) is 9.78 Å². The number of aromatic nitrogens is 1. The van der Waals surface area contributed by atoms with Crippen LogP contribution in [-0.2, 0) is 0 Å². The molecule has 0 radical (unpaired) electrons. The summed E-state index contributed by atoms with van der Waals surface area (Å²) in [4.78, 5) is 24.7. The molecule has 0 saturated carbocycles. The van der Waals surface area contributed by atoms with Gasteiger partial charge in [-0.2, -0.15) is 0 Å². The van der Waals surface area contributed by atoms with Gasteiger partial charge in [-0.3, -0.25) is 10.1 Å². The molecule has 0 bridgehead atoms. The summed E-state index contributed by atoms with van der Waals surface area (Å²) in [5.41, 5.74) is 6.02. The molecule has 2 aromatic rings. The molecule has 0 fully saturated rings. The Hall–Kier alpha value is -2.48. The largest absolute Gasteiger partial charge is 0.477 e. The van der Waals surface area contributed by atoms with Gasteiger partial charge in [0.25, 0.3) is 5.69 Å². The Labute approximate surface area is 105 Å². The predicted molar refractivity (Wildman–Crippen MR) is 65.6 cm³/mol. The van der Waals surface area contributed by atoms with Gasteiger partial charge in [0.15, 0.2) is 4.88 Å². The van der Waals surface area contributed by atoms with E-state index >= 15 is 0 Å². The second-order valence-corrected chi connectivity index (χ2v) is 4.34. The topological polar surface area (TPSA) is 119 Å². The summed E-state index contributed by atoms with van der Waals surface area (Å²) in [6.45, 7) is 0. The third kappa shape index (κ3) is 2.13. The van der Waals surface area contributed by atoms with E-state index in [1.807, 2.05) is 0 Å². The van der Waals surface area contributed by atoms with Crippen molar-refractivity contribution >= 4 is 28.8 Å². The molecule has 0 aliphatic heterocycles. The number of carboxylic acid groups (broad SMARTS) is 1. The summed E-state index contributed by atoms with van der Waals surface area (Å²) in [5, 5.41) is 19.8. The number of thiazole rings is 1. The molecule has 8 heteroatoms. The number of benzene rings is 1. The first kappa shape index (κ1) is 12.0. The highest BCUT2D eigenvalue weighted by molar-refractivity contribution is 7.17. The Balaban J connectivity index is 2.40. The first-order valence-electron chi connectivity index (χ1n) is 4.73. The Kier molecular flexibility index (Phi) is 2.94. The Morgan fingerprint density at radius 3 is 2.44 bits per heavy atom. The van der Waals surface area contributed by atoms with Gasteiger partial charge in [0.1, 0.15) is 10.8 Å². The van der Waals surface area contributed by atoms with Crippen molar-refractivity contribution in [3.63, 3.8) is 0 Å². The van der Waals surface area contributed by atoms with Crippen LogP contribution in [0, 0.1) is 10.1 Å². The fourth-order valence-corrected chi connectivity index (χ4v) is 2.16. The number of hydrogen-bond acceptors (Lipinski definition) is 6. The van der Waals surface area contributed by atoms with Gasteiger partial charge < -0.3 is 10.8 Å². The summed E-state index contributed by atoms with van der Waals surface area (Å²) in [7, 11) is 0. The van der Waals surface area contributed by atoms with E-state index in [0.29, 0.717) is 10.6 Å². The zero-order chi connectivity index (χ0) is 13.3. The van der Waals surface area contributed by atoms with Crippen LogP contribution >= 0.6 is 11.3 Å². The molecule has 1 heterocycles. The SMILES string of the molecule is Nc1nc(-c2ccc([N+](=O)[O-])cc2)sc1C(=O)O. The van der Waals surface area contributed by atoms with Crippen LogP contribution in [0.4, 0.5) is 11.5 Å². The van der Waals surface area contributed by atoms with Crippen LogP contribution in [-0.4, -0.2) is 21.0 Å². The predicted octanol–water partition coefficient (Wildman–Crippen LogP) is 2.00. The van der Waals surface area contributed by atoms with Gasteiger partial charge in [-0.15, -0.1) is 11.3 Å². The molecule has 0 aliphatic rings. The van der Waals surface area contributed by atoms with Crippen molar-refractivity contribution < 1.29 is 14.8 Å². The second kappa shape index (κ2) is 4.41. The molecule has 0 spiro atoms. The highest BCUT2D eigenvalue weighted by Crippen LogP contribution is 2.30. The molecule has 18 heavy (non-hydrogen) atoms. The van der Waals surface area contributed by atoms with E-state index in [0.717, 1.165) is 11.3 Å². The van der Waals surface area contributed by atoms with Crippen LogP contribution in [0.1, 0.15) is 9.67 Å². The van der Waals surface area contributed by atoms with Gasteiger partial charge in [0.05, 0.1) is 4.92 Å². The first-order valence-corrected chi connectivity index (χ1v) is 5.55. The summed E-state index contributed by atoms with van der Waals surface area (Å²) in [6, 6.07) is 5.66. The van der Waals surface area contributed by atoms with Crippen molar-refractivity contribution in [2.45, 2.75) is 0 Å². The summed E-state index contributed by atoms with van der Waals surface area (Å²) >= 11 is 0.929. The molecule has 1 aromatic heterocycles. The number of nitro groups is 1. The minimum absolute atomic E-state index is 0.0386. The molecule has 0 saturated heterocycles. The highest BCUT2D eigenvalue weighted by Gasteiger charge is 2.16. The number of nitro benzene ring substituents is 1. The third-order valence-corrected chi connectivity index (χ3v) is 3.28. The number of aromatic carboxylic acids is 1. The van der Waals surface area contributed by atoms with E-state index in [1.54, 1.807) is 0 Å². The van der Waals surface area contributed by atoms with Crippen LogP contribution in [0.15, 0.2) is 24.3 Å². The molecule has 0 aliphatic carbocycles. The number of nitrogens with two attached hydrogens (primary N) is 1. The maximum absolute atomic E-state index is 10.8. The molecule has 0 atom stereocenters. The van der Waals surface area contributed by atoms with E-state index in [4.69, 9.17) is 10.8 Å². The number of rotatable bonds is 3. The molecule has 0 amide bonds. The molecule has 3 N–H and O–H groups in total. The van der Waals surface area contributed by atoms with Crippen molar-refractivity contribution in [2.75, 3.05) is 5.73 Å². The molecule has 1 aromatic carbocycles. The lowest BCUT2D eigenvalue weighted by molar-refractivity contribution is -0.384. The number of nitrogen functional groups attached to an aromatic ring is 1. The fraction of sp³-hybridized carbons (Fsp3) is 0. The van der Waals surface area contributed by atoms with E-state index in [9.17, 15) is 14.9 Å². The van der Waals surface area contributed by atoms with Gasteiger partial charge in [-0.1, -0.05) is 0 Å². The number of carboxylic acids is 1. The maximum Gasteiger partial charge on any atom is 0.349 e. The smallest absolute Gasteiger partial charge is 0.349 e. The van der Waals surface area contributed by atoms with Crippen LogP contribution in [0.2, 0.25) is 0 Å². The summed E-state index contributed by atoms with van der Waals surface area (Å²) in [5.74, 6) is -1.20. The lowest BCUT2D eigenvalue weighted by Crippen LogP contribution is -1.97. The van der Waals surface area contributed by atoms with E-state index in [2.05, 4.69) is 4.98 Å². The fourth-order valence-electron chi connectivity index (χ4n) is 1.33. The van der Waals surface area contributed by atoms with E-state index in [1.165, 1.54) is 24.3 Å². The summed E-state index contributed by atoms with van der Waals surface area (Å²) in [6.07, 6.45) is 0. The highest BCUT2D eigenvalue weighted by atomic mass is 32.1. The summed E-state index contributed by atoms with van der Waals surface area (Å²) < 4.78 is 0. The van der Waals surface area contributed by atoms with Crippen molar-refractivity contribution in [3.8, 4) is 10.6 Å². The second-order valence-electron chi connectivity index (χ2n) is 3.34. The quantitative estimate of drug-likeness (QED) is 0.647. The van der Waals surface area contributed by atoms with Crippen LogP contribution < -0.4 is 5.73 Å². The number of non-ortho nitro benzene ring substituents is 1. The van der Waals surface area contributed by atoms with Gasteiger partial charge in [-0.05, 0) is 12.1 Å². The van der Waals surface area contributed by atoms with Crippen LogP contribution in [0.3, 0.4) is 0 Å². The van der Waals surface area contributed by atoms with E-state index < -0.39 is 10.9 Å². The molecule has 7 nitrogen and oxygen atoms in total. The van der Waals surface area contributed by atoms with E-state index in [-0.39, 0.29) is 16.4 Å². The maximum atomic E-state index is 10.8. The normalized spacial score (nSPS) is 10.2. The molecular weight excluding hydrogens is 258 g/mol. The molecule has 0 unspecified atom stereocenters. The van der Waals surface area contributed by atoms with Crippen molar-refractivity contribution in [3.05, 3.63) is 39.3 Å². The molecule has 2 rings (SSSR count). The minimum atomic E-state index is -1.14. The first-order chi connectivity index (χ1) is 8.49. The number of anilines is 1. The van der Waals surface area contributed by atoms with Gasteiger partial charge in [0.2, 0.25) is 0 Å². The number of nitrogens with zero attached hydrogens (tertiary/aromatic N) is 2. The monoisotopic (exact) mass is 265 g/mol. The van der Waals surface area contributed by atoms with Gasteiger partial charge >= 0.3 is 5.97 Å². The average Bonchev–Trinajstić information content (AvgIpc) is 2.71. The minimum Gasteiger partial charge on any atom is -0.477 e. The van der Waals surface area contributed by atoms with Crippen molar-refractivity contribution in [1.29, 1.82) is 0 Å². The van der Waals surface area contributed by atoms with Crippen molar-refractivity contribution in [1.82, 2.24) is 4.98 Å². The average molecular weight is 265 g/mol. The molecule has 92 valence electrons. The Morgan fingerprint density at radius 2 is 2.00 bits per heavy atom. The zero-order valence-corrected chi connectivity index (χ0v) is 9.68. The standard InChI is InChI=1S/C10H7N3O4S/c11-8-7(10(14)15)18-9(12-8)5-1-3-6(4-2-5)13(16)17/h1-4H,11H2,(H,14,15). The lowest BCUT2D eigenvalue weighted by Gasteiger charge is -1.95. The number of carbonyl (C=O) groups is 1. The van der Waals surface area contributed by atoms with Crippen LogP contribution in [0.5, 0.6) is 0 Å². The Morgan fingerprint density at radius 1 is 1.39 bits per heavy atom. The third-order valence-electron chi connectivity index (χ3n) is 2.17. The Bertz CT molecular complexity index is 621. The number of hydrogen-bond donors (Lipinski definition) is 2.